The molecule has 20 heavy (non-hydrogen) atoms. The first-order chi connectivity index (χ1) is 9.56. The van der Waals surface area contributed by atoms with Crippen LogP contribution >= 0.6 is 0 Å². The summed E-state index contributed by atoms with van der Waals surface area (Å²) in [5.41, 5.74) is 7.57. The Kier molecular flexibility index (Phi) is 2.91. The van der Waals surface area contributed by atoms with Gasteiger partial charge >= 0.3 is 0 Å². The van der Waals surface area contributed by atoms with Crippen LogP contribution in [-0.4, -0.2) is 6.04 Å². The largest absolute Gasteiger partial charge is 0.327 e. The zero-order chi connectivity index (χ0) is 14.0. The molecule has 0 aromatic heterocycles. The predicted octanol–water partition coefficient (Wildman–Crippen LogP) is 4.52. The van der Waals surface area contributed by atoms with Crippen molar-refractivity contribution in [1.82, 2.24) is 0 Å². The lowest BCUT2D eigenvalue weighted by Crippen LogP contribution is -2.53. The van der Waals surface area contributed by atoms with E-state index in [-0.39, 0.29) is 0 Å². The van der Waals surface area contributed by atoms with Gasteiger partial charge in [-0.05, 0) is 85.9 Å². The van der Waals surface area contributed by atoms with Crippen molar-refractivity contribution in [3.05, 3.63) is 12.2 Å². The minimum atomic E-state index is 0.467. The van der Waals surface area contributed by atoms with Gasteiger partial charge in [-0.25, -0.2) is 0 Å². The van der Waals surface area contributed by atoms with Crippen LogP contribution in [0.3, 0.4) is 0 Å². The van der Waals surface area contributed by atoms with Gasteiger partial charge in [0.05, 0.1) is 0 Å². The lowest BCUT2D eigenvalue weighted by atomic mass is 9.46. The molecular weight excluding hydrogens is 242 g/mol. The van der Waals surface area contributed by atoms with Gasteiger partial charge in [0.15, 0.2) is 0 Å². The average Bonchev–Trinajstić information content (AvgIpc) is 2.74. The standard InChI is InChI=1S/C19H31N/c1-18-11-4-3-5-13(18)6-7-14-15-8-9-17(20)19(15,2)12-10-16(14)18/h3,5,13-17H,4,6-12,20H2,1-2H3/t13?,14-,15-,16-,17?,18-,19-/m0/s1. The Balaban J connectivity index is 1.67. The first-order valence-corrected chi connectivity index (χ1v) is 8.98. The fraction of sp³-hybridized carbons (Fsp3) is 0.895. The summed E-state index contributed by atoms with van der Waals surface area (Å²) in [5, 5.41) is 0. The van der Waals surface area contributed by atoms with Crippen LogP contribution in [0.2, 0.25) is 0 Å². The van der Waals surface area contributed by atoms with Gasteiger partial charge in [-0.3, -0.25) is 0 Å². The summed E-state index contributed by atoms with van der Waals surface area (Å²) in [6.07, 6.45) is 16.2. The maximum absolute atomic E-state index is 6.50. The van der Waals surface area contributed by atoms with E-state index >= 15 is 0 Å². The molecule has 1 heteroatoms. The summed E-state index contributed by atoms with van der Waals surface area (Å²) < 4.78 is 0. The molecule has 4 aliphatic rings. The van der Waals surface area contributed by atoms with Crippen LogP contribution < -0.4 is 5.73 Å². The van der Waals surface area contributed by atoms with Gasteiger partial charge in [-0.1, -0.05) is 26.0 Å². The number of allylic oxidation sites excluding steroid dienone is 2. The molecule has 4 rings (SSSR count). The monoisotopic (exact) mass is 273 g/mol. The van der Waals surface area contributed by atoms with Crippen molar-refractivity contribution in [3.8, 4) is 0 Å². The third kappa shape index (κ3) is 1.59. The number of fused-ring (bicyclic) bond motifs is 5. The molecule has 2 unspecified atom stereocenters. The second-order valence-electron chi connectivity index (χ2n) is 8.76. The van der Waals surface area contributed by atoms with E-state index in [1.807, 2.05) is 0 Å². The number of nitrogens with two attached hydrogens (primary N) is 1. The van der Waals surface area contributed by atoms with Gasteiger partial charge in [0.1, 0.15) is 0 Å². The molecule has 7 atom stereocenters. The van der Waals surface area contributed by atoms with Crippen molar-refractivity contribution >= 4 is 0 Å². The third-order valence-corrected chi connectivity index (χ3v) is 8.23. The quantitative estimate of drug-likeness (QED) is 0.645. The average molecular weight is 273 g/mol. The highest BCUT2D eigenvalue weighted by Crippen LogP contribution is 2.65. The van der Waals surface area contributed by atoms with E-state index in [4.69, 9.17) is 5.73 Å². The summed E-state index contributed by atoms with van der Waals surface area (Å²) in [7, 11) is 0. The maximum Gasteiger partial charge on any atom is 0.00957 e. The molecule has 0 saturated heterocycles. The lowest BCUT2D eigenvalue weighted by Gasteiger charge is -2.59. The molecule has 1 nitrogen and oxygen atoms in total. The molecule has 0 amide bonds. The number of hydrogen-bond acceptors (Lipinski definition) is 1. The Morgan fingerprint density at radius 1 is 0.900 bits per heavy atom. The molecular formula is C19H31N. The number of hydrogen-bond donors (Lipinski definition) is 1. The molecule has 0 bridgehead atoms. The molecule has 0 aromatic rings. The fourth-order valence-electron chi connectivity index (χ4n) is 6.87. The van der Waals surface area contributed by atoms with Crippen molar-refractivity contribution in [2.45, 2.75) is 71.3 Å². The van der Waals surface area contributed by atoms with Crippen LogP contribution in [-0.2, 0) is 0 Å². The van der Waals surface area contributed by atoms with Crippen molar-refractivity contribution in [3.63, 3.8) is 0 Å². The van der Waals surface area contributed by atoms with Crippen molar-refractivity contribution < 1.29 is 0 Å². The Bertz CT molecular complexity index is 427. The predicted molar refractivity (Wildman–Crippen MR) is 84.2 cm³/mol. The molecule has 2 N–H and O–H groups in total. The molecule has 112 valence electrons. The SMILES string of the molecule is C[C@]12CCC=CC1CC[C@@H]1[C@@H]2CC[C@]2(C)C(N)CC[C@@H]12. The van der Waals surface area contributed by atoms with E-state index < -0.39 is 0 Å². The minimum absolute atomic E-state index is 0.467. The second kappa shape index (κ2) is 4.35. The topological polar surface area (TPSA) is 26.0 Å². The highest BCUT2D eigenvalue weighted by atomic mass is 14.8. The molecule has 3 saturated carbocycles. The summed E-state index contributed by atoms with van der Waals surface area (Å²) in [6, 6.07) is 0.477. The van der Waals surface area contributed by atoms with Gasteiger partial charge in [-0.2, -0.15) is 0 Å². The smallest absolute Gasteiger partial charge is 0.00957 e. The van der Waals surface area contributed by atoms with E-state index in [2.05, 4.69) is 26.0 Å². The number of rotatable bonds is 0. The van der Waals surface area contributed by atoms with Crippen LogP contribution in [0.5, 0.6) is 0 Å². The van der Waals surface area contributed by atoms with E-state index in [9.17, 15) is 0 Å². The zero-order valence-corrected chi connectivity index (χ0v) is 13.3. The van der Waals surface area contributed by atoms with Crippen molar-refractivity contribution in [2.24, 2.45) is 40.2 Å². The van der Waals surface area contributed by atoms with Gasteiger partial charge in [0.2, 0.25) is 0 Å². The van der Waals surface area contributed by atoms with Gasteiger partial charge in [0, 0.05) is 6.04 Å². The summed E-state index contributed by atoms with van der Waals surface area (Å²) in [5.74, 6) is 3.77. The van der Waals surface area contributed by atoms with Crippen molar-refractivity contribution in [2.75, 3.05) is 0 Å². The van der Waals surface area contributed by atoms with Gasteiger partial charge in [-0.15, -0.1) is 0 Å². The molecule has 0 spiro atoms. The van der Waals surface area contributed by atoms with Crippen LogP contribution in [0.15, 0.2) is 12.2 Å². The molecule has 0 aliphatic heterocycles. The Morgan fingerprint density at radius 3 is 2.55 bits per heavy atom. The zero-order valence-electron chi connectivity index (χ0n) is 13.3. The van der Waals surface area contributed by atoms with E-state index in [1.54, 1.807) is 0 Å². The van der Waals surface area contributed by atoms with E-state index in [0.29, 0.717) is 16.9 Å². The summed E-state index contributed by atoms with van der Waals surface area (Å²) in [4.78, 5) is 0. The highest BCUT2D eigenvalue weighted by Gasteiger charge is 2.58. The Labute approximate surface area is 124 Å². The van der Waals surface area contributed by atoms with Crippen molar-refractivity contribution in [1.29, 1.82) is 0 Å². The van der Waals surface area contributed by atoms with E-state index in [1.165, 1.54) is 51.4 Å². The third-order valence-electron chi connectivity index (χ3n) is 8.23. The molecule has 3 fully saturated rings. The second-order valence-corrected chi connectivity index (χ2v) is 8.76. The lowest BCUT2D eigenvalue weighted by molar-refractivity contribution is -0.0838. The van der Waals surface area contributed by atoms with Crippen LogP contribution in [0.4, 0.5) is 0 Å². The van der Waals surface area contributed by atoms with Crippen LogP contribution in [0.1, 0.15) is 65.2 Å². The Morgan fingerprint density at radius 2 is 1.70 bits per heavy atom. The first kappa shape index (κ1) is 13.4. The molecule has 0 radical (unpaired) electrons. The molecule has 4 aliphatic carbocycles. The molecule has 0 heterocycles. The summed E-state index contributed by atoms with van der Waals surface area (Å²) in [6.45, 7) is 5.14. The van der Waals surface area contributed by atoms with E-state index in [0.717, 1.165) is 23.7 Å². The highest BCUT2D eigenvalue weighted by molar-refractivity contribution is 5.13. The Hall–Kier alpha value is -0.300. The van der Waals surface area contributed by atoms with Gasteiger partial charge < -0.3 is 5.73 Å². The molecule has 0 aromatic carbocycles. The summed E-state index contributed by atoms with van der Waals surface area (Å²) >= 11 is 0. The van der Waals surface area contributed by atoms with Crippen LogP contribution in [0.25, 0.3) is 0 Å². The first-order valence-electron chi connectivity index (χ1n) is 8.98. The van der Waals surface area contributed by atoms with Crippen LogP contribution in [0, 0.1) is 34.5 Å². The minimum Gasteiger partial charge on any atom is -0.327 e. The fourth-order valence-corrected chi connectivity index (χ4v) is 6.87. The normalized spacial score (nSPS) is 57.9. The maximum atomic E-state index is 6.50. The van der Waals surface area contributed by atoms with Gasteiger partial charge in [0.25, 0.3) is 0 Å².